The molecule has 0 saturated carbocycles. The summed E-state index contributed by atoms with van der Waals surface area (Å²) in [5.74, 6) is 1.06. The van der Waals surface area contributed by atoms with Crippen LogP contribution in [0.1, 0.15) is 25.8 Å². The Morgan fingerprint density at radius 2 is 2.19 bits per heavy atom. The quantitative estimate of drug-likeness (QED) is 0.444. The highest BCUT2D eigenvalue weighted by Gasteiger charge is 2.36. The van der Waals surface area contributed by atoms with Gasteiger partial charge < -0.3 is 21.7 Å². The number of pyridine rings is 1. The molecule has 1 aromatic heterocycles. The van der Waals surface area contributed by atoms with E-state index in [9.17, 15) is 0 Å². The van der Waals surface area contributed by atoms with Gasteiger partial charge in [0.1, 0.15) is 17.7 Å². The maximum atomic E-state index is 9.08. The molecule has 0 saturated heterocycles. The number of nitrogens with two attached hydrogens (primary N) is 1. The molecule has 0 aliphatic heterocycles. The molecule has 136 valence electrons. The molecule has 0 spiro atoms. The molecule has 1 unspecified atom stereocenters. The summed E-state index contributed by atoms with van der Waals surface area (Å²) in [7, 11) is 3.60. The molecule has 0 fully saturated rings. The van der Waals surface area contributed by atoms with Gasteiger partial charge in [0.05, 0.1) is 22.5 Å². The molecule has 1 aliphatic carbocycles. The first-order chi connectivity index (χ1) is 12.5. The van der Waals surface area contributed by atoms with Crippen LogP contribution >= 0.6 is 0 Å². The number of hydrogen-bond donors (Lipinski definition) is 4. The normalized spacial score (nSPS) is 19.7. The molecule has 7 nitrogen and oxygen atoms in total. The van der Waals surface area contributed by atoms with E-state index in [1.807, 2.05) is 6.08 Å². The van der Waals surface area contributed by atoms with Crippen LogP contribution in [0.2, 0.25) is 0 Å². The van der Waals surface area contributed by atoms with Crippen molar-refractivity contribution in [2.75, 3.05) is 24.7 Å². The maximum absolute atomic E-state index is 9.08. The molecule has 0 amide bonds. The predicted octanol–water partition coefficient (Wildman–Crippen LogP) is 2.49. The van der Waals surface area contributed by atoms with Crippen molar-refractivity contribution in [3.63, 3.8) is 0 Å². The Balaban J connectivity index is 2.40. The second kappa shape index (κ2) is 8.21. The average molecular weight is 351 g/mol. The fourth-order valence-corrected chi connectivity index (χ4v) is 2.84. The fraction of sp³-hybridized carbons (Fsp3) is 0.316. The SMILES string of the molecule is CCC1=CC=C(N=C(N)/C=C\NC)C1(C)Nc1ncc(C#N)cc1NC. The molecule has 1 aromatic rings. The van der Waals surface area contributed by atoms with Crippen LogP contribution in [0.25, 0.3) is 0 Å². The van der Waals surface area contributed by atoms with E-state index < -0.39 is 5.54 Å². The maximum Gasteiger partial charge on any atom is 0.150 e. The molecule has 26 heavy (non-hydrogen) atoms. The second-order valence-electron chi connectivity index (χ2n) is 5.99. The summed E-state index contributed by atoms with van der Waals surface area (Å²) in [6.45, 7) is 4.15. The Labute approximate surface area is 154 Å². The molecular weight excluding hydrogens is 326 g/mol. The van der Waals surface area contributed by atoms with Crippen LogP contribution in [0.4, 0.5) is 11.5 Å². The van der Waals surface area contributed by atoms with Gasteiger partial charge in [-0.3, -0.25) is 0 Å². The van der Waals surface area contributed by atoms with Gasteiger partial charge in [0, 0.05) is 20.3 Å². The van der Waals surface area contributed by atoms with Gasteiger partial charge >= 0.3 is 0 Å². The van der Waals surface area contributed by atoms with Crippen molar-refractivity contribution < 1.29 is 0 Å². The number of anilines is 2. The number of nitriles is 1. The van der Waals surface area contributed by atoms with Crippen molar-refractivity contribution in [2.45, 2.75) is 25.8 Å². The largest absolute Gasteiger partial charge is 0.394 e. The van der Waals surface area contributed by atoms with Crippen LogP contribution in [-0.4, -0.2) is 30.5 Å². The lowest BCUT2D eigenvalue weighted by atomic mass is 9.90. The summed E-state index contributed by atoms with van der Waals surface area (Å²) < 4.78 is 0. The topological polar surface area (TPSA) is 111 Å². The molecule has 1 heterocycles. The highest BCUT2D eigenvalue weighted by Crippen LogP contribution is 2.38. The number of aliphatic imine (C=N–C) groups is 1. The van der Waals surface area contributed by atoms with Gasteiger partial charge in [-0.2, -0.15) is 5.26 Å². The Hall–Kier alpha value is -3.27. The van der Waals surface area contributed by atoms with Gasteiger partial charge in [0.25, 0.3) is 0 Å². The third kappa shape index (κ3) is 3.86. The van der Waals surface area contributed by atoms with Gasteiger partial charge in [-0.15, -0.1) is 0 Å². The minimum Gasteiger partial charge on any atom is -0.394 e. The van der Waals surface area contributed by atoms with Gasteiger partial charge in [-0.05, 0) is 43.3 Å². The van der Waals surface area contributed by atoms with E-state index in [2.05, 4.69) is 51.9 Å². The molecule has 7 heteroatoms. The summed E-state index contributed by atoms with van der Waals surface area (Å²) in [5.41, 5.74) is 8.69. The van der Waals surface area contributed by atoms with E-state index in [1.165, 1.54) is 5.57 Å². The zero-order valence-corrected chi connectivity index (χ0v) is 15.6. The number of hydrogen-bond acceptors (Lipinski definition) is 6. The summed E-state index contributed by atoms with van der Waals surface area (Å²) in [5, 5.41) is 18.5. The summed E-state index contributed by atoms with van der Waals surface area (Å²) in [6, 6.07) is 3.87. The third-order valence-corrected chi connectivity index (χ3v) is 4.30. The van der Waals surface area contributed by atoms with Crippen molar-refractivity contribution in [1.29, 1.82) is 5.26 Å². The van der Waals surface area contributed by atoms with Gasteiger partial charge in [0.15, 0.2) is 0 Å². The van der Waals surface area contributed by atoms with Crippen LogP contribution in [0.15, 0.2) is 53.0 Å². The zero-order valence-electron chi connectivity index (χ0n) is 15.6. The van der Waals surface area contributed by atoms with Crippen molar-refractivity contribution in [1.82, 2.24) is 10.3 Å². The minimum atomic E-state index is -0.542. The summed E-state index contributed by atoms with van der Waals surface area (Å²) in [6.07, 6.45) is 9.88. The molecular formula is C19H25N7. The van der Waals surface area contributed by atoms with Gasteiger partial charge in [0.2, 0.25) is 0 Å². The lowest BCUT2D eigenvalue weighted by Crippen LogP contribution is -2.38. The molecule has 0 bridgehead atoms. The number of nitrogens with zero attached hydrogens (tertiary/aromatic N) is 3. The van der Waals surface area contributed by atoms with Crippen LogP contribution in [0.5, 0.6) is 0 Å². The van der Waals surface area contributed by atoms with Crippen molar-refractivity contribution in [3.8, 4) is 6.07 Å². The first-order valence-electron chi connectivity index (χ1n) is 8.44. The Kier molecular flexibility index (Phi) is 6.02. The molecule has 1 aliphatic rings. The van der Waals surface area contributed by atoms with Crippen LogP contribution in [-0.2, 0) is 0 Å². The summed E-state index contributed by atoms with van der Waals surface area (Å²) >= 11 is 0. The van der Waals surface area contributed by atoms with Gasteiger partial charge in [-0.1, -0.05) is 13.0 Å². The molecule has 1 atom stereocenters. The predicted molar refractivity (Wildman–Crippen MR) is 107 cm³/mol. The first-order valence-corrected chi connectivity index (χ1v) is 8.44. The van der Waals surface area contributed by atoms with E-state index in [4.69, 9.17) is 11.0 Å². The number of amidine groups is 1. The minimum absolute atomic E-state index is 0.408. The fourth-order valence-electron chi connectivity index (χ4n) is 2.84. The smallest absolute Gasteiger partial charge is 0.150 e. The zero-order chi connectivity index (χ0) is 19.2. The van der Waals surface area contributed by atoms with E-state index in [0.29, 0.717) is 17.2 Å². The monoisotopic (exact) mass is 351 g/mol. The van der Waals surface area contributed by atoms with E-state index in [1.54, 1.807) is 38.6 Å². The van der Waals surface area contributed by atoms with Crippen LogP contribution in [0.3, 0.4) is 0 Å². The van der Waals surface area contributed by atoms with Crippen LogP contribution in [0, 0.1) is 11.3 Å². The molecule has 5 N–H and O–H groups in total. The molecule has 2 rings (SSSR count). The Morgan fingerprint density at radius 1 is 1.42 bits per heavy atom. The summed E-state index contributed by atoms with van der Waals surface area (Å²) in [4.78, 5) is 8.97. The lowest BCUT2D eigenvalue weighted by molar-refractivity contribution is 0.674. The second-order valence-corrected chi connectivity index (χ2v) is 5.99. The van der Waals surface area contributed by atoms with Crippen molar-refractivity contribution >= 4 is 17.3 Å². The Morgan fingerprint density at radius 3 is 2.81 bits per heavy atom. The lowest BCUT2D eigenvalue weighted by Gasteiger charge is -2.32. The van der Waals surface area contributed by atoms with E-state index in [0.717, 1.165) is 17.8 Å². The number of allylic oxidation sites excluding steroid dienone is 2. The average Bonchev–Trinajstić information content (AvgIpc) is 2.95. The van der Waals surface area contributed by atoms with E-state index in [-0.39, 0.29) is 0 Å². The molecule has 0 aromatic carbocycles. The number of nitrogens with one attached hydrogen (secondary N) is 3. The van der Waals surface area contributed by atoms with E-state index >= 15 is 0 Å². The highest BCUT2D eigenvalue weighted by atomic mass is 15.1. The van der Waals surface area contributed by atoms with Gasteiger partial charge in [-0.25, -0.2) is 9.98 Å². The highest BCUT2D eigenvalue weighted by molar-refractivity contribution is 5.92. The third-order valence-electron chi connectivity index (χ3n) is 4.30. The Bertz CT molecular complexity index is 827. The standard InChI is InChI=1S/C19H25N7/c1-5-14-6-7-16(25-17(21)8-9-22-3)19(14,2)26-18-15(23-4)10-13(11-20)12-24-18/h6-10,12,22-23H,5H2,1-4H3,(H2,21,25)(H,24,26)/b9-8-. The number of rotatable bonds is 7. The van der Waals surface area contributed by atoms with Crippen molar-refractivity contribution in [2.24, 2.45) is 10.7 Å². The molecule has 0 radical (unpaired) electrons. The number of aromatic nitrogens is 1. The van der Waals surface area contributed by atoms with Crippen LogP contribution < -0.4 is 21.7 Å². The van der Waals surface area contributed by atoms with Crippen molar-refractivity contribution in [3.05, 3.63) is 53.5 Å². The first kappa shape index (κ1) is 19.1.